The van der Waals surface area contributed by atoms with Gasteiger partial charge < -0.3 is 4.90 Å². The summed E-state index contributed by atoms with van der Waals surface area (Å²) in [6.07, 6.45) is 0. The Balaban J connectivity index is 1.75. The number of nitrogens with one attached hydrogen (secondary N) is 1. The lowest BCUT2D eigenvalue weighted by molar-refractivity contribution is -0.131. The van der Waals surface area contributed by atoms with Gasteiger partial charge in [0.2, 0.25) is 5.91 Å². The summed E-state index contributed by atoms with van der Waals surface area (Å²) >= 11 is 12.8. The molecule has 0 saturated heterocycles. The van der Waals surface area contributed by atoms with Gasteiger partial charge >= 0.3 is 0 Å². The van der Waals surface area contributed by atoms with Crippen LogP contribution in [0.3, 0.4) is 0 Å². The van der Waals surface area contributed by atoms with Gasteiger partial charge in [0.25, 0.3) is 0 Å². The van der Waals surface area contributed by atoms with Crippen LogP contribution < -0.4 is 0 Å². The predicted molar refractivity (Wildman–Crippen MR) is 98.7 cm³/mol. The van der Waals surface area contributed by atoms with Gasteiger partial charge in [0.1, 0.15) is 6.54 Å². The fourth-order valence-corrected chi connectivity index (χ4v) is 3.44. The fourth-order valence-electron chi connectivity index (χ4n) is 2.31. The number of thiophene rings is 1. The summed E-state index contributed by atoms with van der Waals surface area (Å²) < 4.78 is 2.15. The molecule has 0 atom stereocenters. The highest BCUT2D eigenvalue weighted by Gasteiger charge is 2.16. The zero-order valence-electron chi connectivity index (χ0n) is 12.9. The minimum absolute atomic E-state index is 0.0507. The third kappa shape index (κ3) is 3.75. The molecule has 0 spiro atoms. The molecule has 2 aromatic heterocycles. The van der Waals surface area contributed by atoms with Crippen LogP contribution in [0.1, 0.15) is 5.56 Å². The van der Waals surface area contributed by atoms with Crippen molar-refractivity contribution < 1.29 is 4.79 Å². The number of hydrogen-bond donors (Lipinski definition) is 1. The normalized spacial score (nSPS) is 10.8. The topological polar surface area (TPSA) is 53.9 Å². The first-order valence-electron chi connectivity index (χ1n) is 7.22. The van der Waals surface area contributed by atoms with Crippen LogP contribution >= 0.6 is 35.2 Å². The van der Waals surface area contributed by atoms with Crippen LogP contribution in [-0.4, -0.2) is 32.6 Å². The molecule has 8 heteroatoms. The minimum Gasteiger partial charge on any atom is -0.340 e. The zero-order chi connectivity index (χ0) is 17.1. The number of nitrogens with zero attached hydrogens (tertiary/aromatic N) is 3. The third-order valence-corrected chi connectivity index (χ3v) is 4.94. The van der Waals surface area contributed by atoms with Crippen LogP contribution in [0.15, 0.2) is 41.8 Å². The summed E-state index contributed by atoms with van der Waals surface area (Å²) in [4.78, 5) is 15.2. The van der Waals surface area contributed by atoms with E-state index in [0.29, 0.717) is 22.2 Å². The summed E-state index contributed by atoms with van der Waals surface area (Å²) in [5.41, 5.74) is 0.979. The second kappa shape index (κ2) is 7.29. The molecule has 2 heterocycles. The average molecular weight is 379 g/mol. The summed E-state index contributed by atoms with van der Waals surface area (Å²) in [5.74, 6) is 0.629. The van der Waals surface area contributed by atoms with Gasteiger partial charge in [-0.3, -0.25) is 14.5 Å². The SMILES string of the molecule is CN(Cc1cccc(Cl)c1)C(=O)Cn1c(-c2cccs2)n[nH]c1=S. The van der Waals surface area contributed by atoms with Crippen molar-refractivity contribution in [3.05, 3.63) is 57.1 Å². The van der Waals surface area contributed by atoms with Crippen molar-refractivity contribution >= 4 is 41.1 Å². The van der Waals surface area contributed by atoms with Crippen LogP contribution in [0.25, 0.3) is 10.7 Å². The number of halogens is 1. The Kier molecular flexibility index (Phi) is 5.13. The number of H-pyrrole nitrogens is 1. The van der Waals surface area contributed by atoms with Crippen molar-refractivity contribution in [2.24, 2.45) is 0 Å². The highest BCUT2D eigenvalue weighted by atomic mass is 35.5. The van der Waals surface area contributed by atoms with E-state index in [2.05, 4.69) is 10.2 Å². The lowest BCUT2D eigenvalue weighted by Crippen LogP contribution is -2.30. The number of benzene rings is 1. The molecular weight excluding hydrogens is 364 g/mol. The molecule has 1 aromatic carbocycles. The quantitative estimate of drug-likeness (QED) is 0.683. The van der Waals surface area contributed by atoms with E-state index in [1.54, 1.807) is 27.9 Å². The van der Waals surface area contributed by atoms with E-state index in [0.717, 1.165) is 10.4 Å². The van der Waals surface area contributed by atoms with Crippen molar-refractivity contribution in [2.45, 2.75) is 13.1 Å². The molecule has 0 aliphatic heterocycles. The van der Waals surface area contributed by atoms with Gasteiger partial charge in [-0.1, -0.05) is 29.8 Å². The van der Waals surface area contributed by atoms with Crippen molar-refractivity contribution in [1.82, 2.24) is 19.7 Å². The van der Waals surface area contributed by atoms with Crippen LogP contribution in [-0.2, 0) is 17.9 Å². The van der Waals surface area contributed by atoms with Crippen LogP contribution in [0, 0.1) is 4.77 Å². The molecule has 5 nitrogen and oxygen atoms in total. The number of rotatable bonds is 5. The smallest absolute Gasteiger partial charge is 0.242 e. The third-order valence-electron chi connectivity index (χ3n) is 3.53. The van der Waals surface area contributed by atoms with E-state index in [1.165, 1.54) is 0 Å². The van der Waals surface area contributed by atoms with Gasteiger partial charge in [-0.25, -0.2) is 0 Å². The first kappa shape index (κ1) is 16.9. The van der Waals surface area contributed by atoms with Gasteiger partial charge in [-0.05, 0) is 41.4 Å². The van der Waals surface area contributed by atoms with Gasteiger partial charge in [-0.2, -0.15) is 5.10 Å². The monoisotopic (exact) mass is 378 g/mol. The number of carbonyl (C=O) groups is 1. The Bertz CT molecular complexity index is 901. The van der Waals surface area contributed by atoms with E-state index in [1.807, 2.05) is 41.8 Å². The van der Waals surface area contributed by atoms with Crippen LogP contribution in [0.5, 0.6) is 0 Å². The lowest BCUT2D eigenvalue weighted by atomic mass is 10.2. The fraction of sp³-hybridized carbons (Fsp3) is 0.188. The molecule has 24 heavy (non-hydrogen) atoms. The Hall–Kier alpha value is -1.96. The summed E-state index contributed by atoms with van der Waals surface area (Å²) in [6, 6.07) is 11.4. The van der Waals surface area contributed by atoms with Gasteiger partial charge in [0.05, 0.1) is 4.88 Å². The van der Waals surface area contributed by atoms with E-state index >= 15 is 0 Å². The first-order chi connectivity index (χ1) is 11.5. The first-order valence-corrected chi connectivity index (χ1v) is 8.88. The highest BCUT2D eigenvalue weighted by Crippen LogP contribution is 2.22. The van der Waals surface area contributed by atoms with E-state index in [9.17, 15) is 4.79 Å². The predicted octanol–water partition coefficient (Wildman–Crippen LogP) is 3.98. The number of amides is 1. The Morgan fingerprint density at radius 3 is 2.96 bits per heavy atom. The number of carbonyl (C=O) groups excluding carboxylic acids is 1. The molecular formula is C16H15ClN4OS2. The maximum atomic E-state index is 12.6. The molecule has 0 saturated carbocycles. The number of aromatic amines is 1. The second-order valence-electron chi connectivity index (χ2n) is 5.30. The molecule has 0 fully saturated rings. The van der Waals surface area contributed by atoms with Gasteiger partial charge in [-0.15, -0.1) is 11.3 Å². The summed E-state index contributed by atoms with van der Waals surface area (Å²) in [5, 5.41) is 9.62. The molecule has 124 valence electrons. The Morgan fingerprint density at radius 2 is 2.25 bits per heavy atom. The number of aromatic nitrogens is 3. The Morgan fingerprint density at radius 1 is 1.42 bits per heavy atom. The van der Waals surface area contributed by atoms with Crippen LogP contribution in [0.2, 0.25) is 5.02 Å². The molecule has 1 amide bonds. The number of likely N-dealkylation sites (N-methyl/N-ethyl adjacent to an activating group) is 1. The molecule has 3 aromatic rings. The van der Waals surface area contributed by atoms with Crippen molar-refractivity contribution in [1.29, 1.82) is 0 Å². The molecule has 1 N–H and O–H groups in total. The molecule has 3 rings (SSSR count). The molecule has 0 unspecified atom stereocenters. The van der Waals surface area contributed by atoms with E-state index < -0.39 is 0 Å². The lowest BCUT2D eigenvalue weighted by Gasteiger charge is -2.18. The Labute approximate surface area is 153 Å². The maximum absolute atomic E-state index is 12.6. The largest absolute Gasteiger partial charge is 0.340 e. The van der Waals surface area contributed by atoms with E-state index in [-0.39, 0.29) is 12.5 Å². The molecule has 0 radical (unpaired) electrons. The van der Waals surface area contributed by atoms with Crippen LogP contribution in [0.4, 0.5) is 0 Å². The summed E-state index contributed by atoms with van der Waals surface area (Å²) in [7, 11) is 1.76. The molecule has 0 aliphatic rings. The van der Waals surface area contributed by atoms with Gasteiger partial charge in [0, 0.05) is 18.6 Å². The van der Waals surface area contributed by atoms with Crippen molar-refractivity contribution in [2.75, 3.05) is 7.05 Å². The molecule has 0 bridgehead atoms. The average Bonchev–Trinajstić information content (AvgIpc) is 3.18. The van der Waals surface area contributed by atoms with Gasteiger partial charge in [0.15, 0.2) is 10.6 Å². The van der Waals surface area contributed by atoms with Crippen molar-refractivity contribution in [3.8, 4) is 10.7 Å². The van der Waals surface area contributed by atoms with E-state index in [4.69, 9.17) is 23.8 Å². The zero-order valence-corrected chi connectivity index (χ0v) is 15.3. The highest BCUT2D eigenvalue weighted by molar-refractivity contribution is 7.71. The number of hydrogen-bond acceptors (Lipinski definition) is 4. The summed E-state index contributed by atoms with van der Waals surface area (Å²) in [6.45, 7) is 0.624. The second-order valence-corrected chi connectivity index (χ2v) is 7.07. The van der Waals surface area contributed by atoms with Crippen molar-refractivity contribution in [3.63, 3.8) is 0 Å². The maximum Gasteiger partial charge on any atom is 0.242 e. The molecule has 0 aliphatic carbocycles. The standard InChI is InChI=1S/C16H15ClN4OS2/c1-20(9-11-4-2-5-12(17)8-11)14(22)10-21-15(18-19-16(21)23)13-6-3-7-24-13/h2-8H,9-10H2,1H3,(H,19,23). The minimum atomic E-state index is -0.0507.